The number of non-ortho nitro benzene ring substituents is 1. The Labute approximate surface area is 221 Å². The molecule has 3 aromatic rings. The molecule has 0 aliphatic carbocycles. The number of alkyl halides is 1. The molecule has 37 heavy (non-hydrogen) atoms. The van der Waals surface area contributed by atoms with Crippen LogP contribution >= 0.6 is 15.9 Å². The number of benzene rings is 3. The van der Waals surface area contributed by atoms with Crippen LogP contribution < -0.4 is 9.47 Å². The molecule has 1 aliphatic heterocycles. The van der Waals surface area contributed by atoms with Gasteiger partial charge in [0.15, 0.2) is 11.5 Å². The zero-order chi connectivity index (χ0) is 26.5. The third-order valence-electron chi connectivity index (χ3n) is 6.29. The van der Waals surface area contributed by atoms with Crippen molar-refractivity contribution < 1.29 is 29.1 Å². The minimum Gasteiger partial charge on any atom is -0.493 e. The van der Waals surface area contributed by atoms with Gasteiger partial charge in [-0.25, -0.2) is 0 Å². The number of methoxy groups -OCH3 is 1. The SMILES string of the molecule is COc1cc([C@H]2[C@@H](C(=O)O)c3ccc([N+](=O)[O-])cc3C(=O)N2CCCBr)ccc1OCc1ccccc1. The molecule has 2 atom stereocenters. The van der Waals surface area contributed by atoms with Gasteiger partial charge in [-0.05, 0) is 35.2 Å². The highest BCUT2D eigenvalue weighted by atomic mass is 79.9. The van der Waals surface area contributed by atoms with Crippen molar-refractivity contribution in [3.63, 3.8) is 0 Å². The van der Waals surface area contributed by atoms with Crippen LogP contribution in [0, 0.1) is 10.1 Å². The van der Waals surface area contributed by atoms with E-state index in [2.05, 4.69) is 15.9 Å². The molecule has 1 aliphatic rings. The van der Waals surface area contributed by atoms with E-state index in [1.165, 1.54) is 24.1 Å². The van der Waals surface area contributed by atoms with Gasteiger partial charge in [-0.15, -0.1) is 0 Å². The first-order chi connectivity index (χ1) is 17.8. The fraction of sp³-hybridized carbons (Fsp3) is 0.259. The van der Waals surface area contributed by atoms with Crippen LogP contribution in [-0.4, -0.2) is 45.8 Å². The average molecular weight is 569 g/mol. The van der Waals surface area contributed by atoms with Crippen molar-refractivity contribution in [2.24, 2.45) is 0 Å². The van der Waals surface area contributed by atoms with Crippen molar-refractivity contribution in [2.45, 2.75) is 25.0 Å². The van der Waals surface area contributed by atoms with Gasteiger partial charge in [0.05, 0.1) is 23.6 Å². The summed E-state index contributed by atoms with van der Waals surface area (Å²) in [5, 5.41) is 22.2. The van der Waals surface area contributed by atoms with Crippen LogP contribution in [0.2, 0.25) is 0 Å². The van der Waals surface area contributed by atoms with Crippen LogP contribution in [-0.2, 0) is 11.4 Å². The molecule has 0 radical (unpaired) electrons. The van der Waals surface area contributed by atoms with E-state index in [0.717, 1.165) is 11.6 Å². The normalized spacial score (nSPS) is 16.7. The summed E-state index contributed by atoms with van der Waals surface area (Å²) in [5.74, 6) is -1.85. The Hall–Kier alpha value is -3.92. The molecule has 192 valence electrons. The topological polar surface area (TPSA) is 119 Å². The number of hydrogen-bond donors (Lipinski definition) is 1. The first kappa shape index (κ1) is 26.2. The van der Waals surface area contributed by atoms with E-state index in [0.29, 0.717) is 35.4 Å². The molecule has 10 heteroatoms. The number of rotatable bonds is 10. The molecule has 0 unspecified atom stereocenters. The quantitative estimate of drug-likeness (QED) is 0.199. The smallest absolute Gasteiger partial charge is 0.313 e. The molecular weight excluding hydrogens is 544 g/mol. The molecule has 1 amide bonds. The van der Waals surface area contributed by atoms with Crippen LogP contribution in [0.15, 0.2) is 66.7 Å². The molecular formula is C27H25BrN2O7. The summed E-state index contributed by atoms with van der Waals surface area (Å²) < 4.78 is 11.5. The molecule has 3 aromatic carbocycles. The summed E-state index contributed by atoms with van der Waals surface area (Å²) in [6.45, 7) is 0.578. The molecule has 0 bridgehead atoms. The van der Waals surface area contributed by atoms with Crippen molar-refractivity contribution >= 4 is 33.5 Å². The molecule has 1 N–H and O–H groups in total. The van der Waals surface area contributed by atoms with Gasteiger partial charge < -0.3 is 19.5 Å². The number of fused-ring (bicyclic) bond motifs is 1. The van der Waals surface area contributed by atoms with Crippen LogP contribution in [0.4, 0.5) is 5.69 Å². The Morgan fingerprint density at radius 3 is 2.51 bits per heavy atom. The Morgan fingerprint density at radius 2 is 1.86 bits per heavy atom. The van der Waals surface area contributed by atoms with E-state index in [1.807, 2.05) is 30.3 Å². The number of carbonyl (C=O) groups is 2. The highest BCUT2D eigenvalue weighted by Gasteiger charge is 2.45. The zero-order valence-electron chi connectivity index (χ0n) is 20.0. The fourth-order valence-corrected chi connectivity index (χ4v) is 4.83. The number of carbonyl (C=O) groups excluding carboxylic acids is 1. The van der Waals surface area contributed by atoms with Gasteiger partial charge in [-0.3, -0.25) is 19.7 Å². The second kappa shape index (κ2) is 11.4. The second-order valence-electron chi connectivity index (χ2n) is 8.52. The second-order valence-corrected chi connectivity index (χ2v) is 9.31. The van der Waals surface area contributed by atoms with Gasteiger partial charge in [0.2, 0.25) is 0 Å². The fourth-order valence-electron chi connectivity index (χ4n) is 4.58. The van der Waals surface area contributed by atoms with Crippen molar-refractivity contribution in [3.8, 4) is 11.5 Å². The molecule has 9 nitrogen and oxygen atoms in total. The zero-order valence-corrected chi connectivity index (χ0v) is 21.6. The summed E-state index contributed by atoms with van der Waals surface area (Å²) in [6.07, 6.45) is 0.564. The van der Waals surface area contributed by atoms with E-state index in [4.69, 9.17) is 9.47 Å². The molecule has 1 heterocycles. The highest BCUT2D eigenvalue weighted by molar-refractivity contribution is 9.09. The van der Waals surface area contributed by atoms with Crippen molar-refractivity contribution in [1.29, 1.82) is 0 Å². The average Bonchev–Trinajstić information content (AvgIpc) is 2.91. The standard InChI is InChI=1S/C27H25BrN2O7/c1-36-23-14-18(8-11-22(23)37-16-17-6-3-2-4-7-17)25-24(27(32)33)20-10-9-19(30(34)35)15-21(20)26(31)29(25)13-5-12-28/h2-4,6-11,14-15,24-25H,5,12-13,16H2,1H3,(H,32,33)/t24-,25-/m0/s1. The Balaban J connectivity index is 1.76. The van der Waals surface area contributed by atoms with Crippen molar-refractivity contribution in [3.05, 3.63) is 99.1 Å². The number of nitro groups is 1. The maximum atomic E-state index is 13.6. The van der Waals surface area contributed by atoms with Crippen LogP contribution in [0.25, 0.3) is 0 Å². The third-order valence-corrected chi connectivity index (χ3v) is 6.85. The summed E-state index contributed by atoms with van der Waals surface area (Å²) in [5.41, 5.74) is 1.54. The van der Waals surface area contributed by atoms with Crippen LogP contribution in [0.3, 0.4) is 0 Å². The number of nitro benzene ring substituents is 1. The Morgan fingerprint density at radius 1 is 1.11 bits per heavy atom. The van der Waals surface area contributed by atoms with Gasteiger partial charge in [0.25, 0.3) is 11.6 Å². The maximum Gasteiger partial charge on any atom is 0.313 e. The van der Waals surface area contributed by atoms with Crippen molar-refractivity contribution in [2.75, 3.05) is 19.0 Å². The predicted octanol–water partition coefficient (Wildman–Crippen LogP) is 5.33. The Bertz CT molecular complexity index is 1320. The van der Waals surface area contributed by atoms with Gasteiger partial charge >= 0.3 is 5.97 Å². The highest BCUT2D eigenvalue weighted by Crippen LogP contribution is 2.45. The number of ether oxygens (including phenoxy) is 2. The molecule has 0 spiro atoms. The third kappa shape index (κ3) is 5.43. The molecule has 0 fully saturated rings. The monoisotopic (exact) mass is 568 g/mol. The summed E-state index contributed by atoms with van der Waals surface area (Å²) in [6, 6.07) is 17.7. The molecule has 0 saturated heterocycles. The van der Waals surface area contributed by atoms with E-state index in [1.54, 1.807) is 18.2 Å². The molecule has 4 rings (SSSR count). The summed E-state index contributed by atoms with van der Waals surface area (Å²) >= 11 is 3.37. The lowest BCUT2D eigenvalue weighted by Gasteiger charge is -2.41. The minimum absolute atomic E-state index is 0.0298. The first-order valence-corrected chi connectivity index (χ1v) is 12.7. The van der Waals surface area contributed by atoms with Gasteiger partial charge in [0.1, 0.15) is 12.5 Å². The molecule has 0 saturated carbocycles. The van der Waals surface area contributed by atoms with E-state index < -0.39 is 28.8 Å². The number of nitrogens with zero attached hydrogens (tertiary/aromatic N) is 2. The van der Waals surface area contributed by atoms with E-state index >= 15 is 0 Å². The van der Waals surface area contributed by atoms with E-state index in [-0.39, 0.29) is 23.4 Å². The minimum atomic E-state index is -1.14. The van der Waals surface area contributed by atoms with Gasteiger partial charge in [0, 0.05) is 24.0 Å². The van der Waals surface area contributed by atoms with Gasteiger partial charge in [-0.2, -0.15) is 0 Å². The number of carboxylic acids is 1. The van der Waals surface area contributed by atoms with Crippen LogP contribution in [0.1, 0.15) is 45.4 Å². The number of amides is 1. The van der Waals surface area contributed by atoms with Crippen molar-refractivity contribution in [1.82, 2.24) is 4.90 Å². The largest absolute Gasteiger partial charge is 0.493 e. The molecule has 0 aromatic heterocycles. The van der Waals surface area contributed by atoms with Gasteiger partial charge in [-0.1, -0.05) is 58.4 Å². The number of halogens is 1. The maximum absolute atomic E-state index is 13.6. The summed E-state index contributed by atoms with van der Waals surface area (Å²) in [7, 11) is 1.49. The predicted molar refractivity (Wildman–Crippen MR) is 139 cm³/mol. The Kier molecular flexibility index (Phi) is 8.08. The number of aliphatic carboxylic acids is 1. The lowest BCUT2D eigenvalue weighted by molar-refractivity contribution is -0.384. The lowest BCUT2D eigenvalue weighted by Crippen LogP contribution is -2.45. The number of carboxylic acid groups (broad SMARTS) is 1. The summed E-state index contributed by atoms with van der Waals surface area (Å²) in [4.78, 5) is 38.4. The first-order valence-electron chi connectivity index (χ1n) is 11.6. The van der Waals surface area contributed by atoms with E-state index in [9.17, 15) is 24.8 Å². The lowest BCUT2D eigenvalue weighted by atomic mass is 9.79. The van der Waals surface area contributed by atoms with Crippen LogP contribution in [0.5, 0.6) is 11.5 Å². The number of hydrogen-bond acceptors (Lipinski definition) is 6.